The number of hydrogen-bond acceptors (Lipinski definition) is 4. The van der Waals surface area contributed by atoms with Crippen LogP contribution in [-0.4, -0.2) is 29.8 Å². The van der Waals surface area contributed by atoms with Gasteiger partial charge in [0, 0.05) is 13.1 Å². The van der Waals surface area contributed by atoms with Crippen molar-refractivity contribution in [1.82, 2.24) is 4.90 Å². The number of aliphatic hydroxyl groups excluding tert-OH is 1. The predicted octanol–water partition coefficient (Wildman–Crippen LogP) is 5.86. The minimum absolute atomic E-state index is 0.216. The molecule has 0 fully saturated rings. The molecule has 0 aliphatic rings. The predicted molar refractivity (Wildman–Crippen MR) is 136 cm³/mol. The van der Waals surface area contributed by atoms with Crippen LogP contribution in [0.25, 0.3) is 0 Å². The molecule has 2 atom stereocenters. The van der Waals surface area contributed by atoms with E-state index in [0.29, 0.717) is 5.56 Å². The highest BCUT2D eigenvalue weighted by molar-refractivity contribution is 7.92. The number of halogens is 2. The third-order valence-corrected chi connectivity index (χ3v) is 7.90. The Morgan fingerprint density at radius 3 is 1.50 bits per heavy atom. The van der Waals surface area contributed by atoms with Gasteiger partial charge >= 0.3 is 5.25 Å². The highest BCUT2D eigenvalue weighted by Crippen LogP contribution is 2.40. The Hall–Kier alpha value is -3.39. The van der Waals surface area contributed by atoms with E-state index in [4.69, 9.17) is 0 Å². The Bertz CT molecular complexity index is 1300. The first-order valence-corrected chi connectivity index (χ1v) is 13.0. The summed E-state index contributed by atoms with van der Waals surface area (Å²) in [6.45, 7) is 0.432. The third-order valence-electron chi connectivity index (χ3n) is 6.05. The molecule has 0 saturated heterocycles. The van der Waals surface area contributed by atoms with Crippen LogP contribution in [0, 0.1) is 0 Å². The number of nitrogens with zero attached hydrogens (tertiary/aromatic N) is 1. The van der Waals surface area contributed by atoms with Crippen molar-refractivity contribution in [1.29, 1.82) is 0 Å². The molecule has 0 bridgehead atoms. The van der Waals surface area contributed by atoms with Crippen LogP contribution in [0.15, 0.2) is 126 Å². The fraction of sp³-hybridized carbons (Fsp3) is 0.172. The van der Waals surface area contributed by atoms with Crippen molar-refractivity contribution in [3.8, 4) is 0 Å². The van der Waals surface area contributed by atoms with Crippen molar-refractivity contribution in [2.75, 3.05) is 0 Å². The summed E-state index contributed by atoms with van der Waals surface area (Å²) >= 11 is 0. The molecule has 186 valence electrons. The molecule has 0 amide bonds. The summed E-state index contributed by atoms with van der Waals surface area (Å²) < 4.78 is 57.7. The molecule has 0 unspecified atom stereocenters. The van der Waals surface area contributed by atoms with Crippen molar-refractivity contribution in [3.05, 3.63) is 138 Å². The summed E-state index contributed by atoms with van der Waals surface area (Å²) in [7, 11) is -5.18. The lowest BCUT2D eigenvalue weighted by atomic mass is 9.97. The van der Waals surface area contributed by atoms with E-state index in [1.165, 1.54) is 12.1 Å². The average Bonchev–Trinajstić information content (AvgIpc) is 2.91. The van der Waals surface area contributed by atoms with Crippen LogP contribution in [0.1, 0.15) is 22.7 Å². The van der Waals surface area contributed by atoms with Crippen molar-refractivity contribution in [3.63, 3.8) is 0 Å². The first-order chi connectivity index (χ1) is 17.3. The van der Waals surface area contributed by atoms with E-state index in [1.54, 1.807) is 41.3 Å². The Morgan fingerprint density at radius 1 is 0.667 bits per heavy atom. The lowest BCUT2D eigenvalue weighted by molar-refractivity contribution is -0.0900. The smallest absolute Gasteiger partial charge is 0.376 e. The van der Waals surface area contributed by atoms with E-state index in [0.717, 1.165) is 23.3 Å². The van der Waals surface area contributed by atoms with Gasteiger partial charge in [-0.25, -0.2) is 8.42 Å². The molecule has 4 aromatic carbocycles. The summed E-state index contributed by atoms with van der Waals surface area (Å²) in [5.41, 5.74) is 2.08. The Balaban J connectivity index is 1.81. The number of aliphatic hydroxyl groups is 1. The second-order valence-electron chi connectivity index (χ2n) is 8.55. The van der Waals surface area contributed by atoms with Gasteiger partial charge in [0.1, 0.15) is 0 Å². The van der Waals surface area contributed by atoms with Crippen molar-refractivity contribution in [2.24, 2.45) is 0 Å². The molecule has 0 aliphatic carbocycles. The van der Waals surface area contributed by atoms with Crippen LogP contribution in [0.5, 0.6) is 0 Å². The second-order valence-corrected chi connectivity index (χ2v) is 10.6. The maximum atomic E-state index is 15.8. The van der Waals surface area contributed by atoms with Gasteiger partial charge in [-0.3, -0.25) is 4.90 Å². The van der Waals surface area contributed by atoms with Gasteiger partial charge in [0.05, 0.1) is 10.9 Å². The topological polar surface area (TPSA) is 57.6 Å². The Labute approximate surface area is 210 Å². The summed E-state index contributed by atoms with van der Waals surface area (Å²) in [6.07, 6.45) is -2.54. The van der Waals surface area contributed by atoms with Gasteiger partial charge in [-0.15, -0.1) is 0 Å². The van der Waals surface area contributed by atoms with Crippen LogP contribution < -0.4 is 0 Å². The van der Waals surface area contributed by atoms with E-state index >= 15 is 8.78 Å². The van der Waals surface area contributed by atoms with Gasteiger partial charge in [-0.05, 0) is 28.8 Å². The van der Waals surface area contributed by atoms with Crippen molar-refractivity contribution < 1.29 is 22.3 Å². The van der Waals surface area contributed by atoms with Gasteiger partial charge < -0.3 is 5.11 Å². The summed E-state index contributed by atoms with van der Waals surface area (Å²) in [4.78, 5) is 1.15. The van der Waals surface area contributed by atoms with Crippen LogP contribution in [0.2, 0.25) is 0 Å². The monoisotopic (exact) mass is 507 g/mol. The van der Waals surface area contributed by atoms with E-state index < -0.39 is 32.1 Å². The van der Waals surface area contributed by atoms with E-state index in [1.807, 2.05) is 60.7 Å². The van der Waals surface area contributed by atoms with Crippen LogP contribution in [0.4, 0.5) is 8.78 Å². The number of hydrogen-bond donors (Lipinski definition) is 1. The molecule has 0 spiro atoms. The lowest BCUT2D eigenvalue weighted by Gasteiger charge is -2.38. The summed E-state index contributed by atoms with van der Waals surface area (Å²) in [5.74, 6) is 0. The molecule has 0 aromatic heterocycles. The first kappa shape index (κ1) is 25.7. The molecule has 4 nitrogen and oxygen atoms in total. The SMILES string of the molecule is O=S(=O)(c1ccccc1)C(F)(F)[C@@H](O)[C@H](c1ccccc1)N(Cc1ccccc1)Cc1ccccc1. The summed E-state index contributed by atoms with van der Waals surface area (Å²) in [5, 5.41) is 6.78. The minimum atomic E-state index is -5.18. The number of rotatable bonds is 10. The molecule has 0 aliphatic heterocycles. The molecule has 0 saturated carbocycles. The van der Waals surface area contributed by atoms with Gasteiger partial charge in [-0.1, -0.05) is 109 Å². The van der Waals surface area contributed by atoms with Gasteiger partial charge in [0.15, 0.2) is 6.10 Å². The Kier molecular flexibility index (Phi) is 7.94. The van der Waals surface area contributed by atoms with Gasteiger partial charge in [0.25, 0.3) is 0 Å². The zero-order valence-electron chi connectivity index (χ0n) is 19.5. The first-order valence-electron chi connectivity index (χ1n) is 11.5. The maximum absolute atomic E-state index is 15.8. The minimum Gasteiger partial charge on any atom is -0.384 e. The highest BCUT2D eigenvalue weighted by Gasteiger charge is 2.56. The van der Waals surface area contributed by atoms with Gasteiger partial charge in [-0.2, -0.15) is 8.78 Å². The molecule has 1 N–H and O–H groups in total. The number of sulfone groups is 1. The number of benzene rings is 4. The zero-order chi connectivity index (χ0) is 25.6. The van der Waals surface area contributed by atoms with Crippen molar-refractivity contribution >= 4 is 9.84 Å². The molecule has 4 rings (SSSR count). The highest BCUT2D eigenvalue weighted by atomic mass is 32.2. The van der Waals surface area contributed by atoms with Gasteiger partial charge in [0.2, 0.25) is 9.84 Å². The lowest BCUT2D eigenvalue weighted by Crippen LogP contribution is -2.49. The third kappa shape index (κ3) is 5.54. The van der Waals surface area contributed by atoms with Crippen LogP contribution >= 0.6 is 0 Å². The summed E-state index contributed by atoms with van der Waals surface area (Å²) in [6, 6.07) is 32.1. The maximum Gasteiger partial charge on any atom is 0.376 e. The van der Waals surface area contributed by atoms with E-state index in [2.05, 4.69) is 0 Å². The largest absolute Gasteiger partial charge is 0.384 e. The zero-order valence-corrected chi connectivity index (χ0v) is 20.3. The fourth-order valence-electron chi connectivity index (χ4n) is 4.23. The normalized spacial score (nSPS) is 13.9. The standard InChI is InChI=1S/C29H27F2NO3S/c30-29(31,36(34,35)26-19-11-4-12-20-26)28(33)27(25-17-9-3-10-18-25)32(21-23-13-5-1-6-14-23)22-24-15-7-2-8-16-24/h1-20,27-28,33H,21-22H2/t27-,28-/m0/s1. The molecule has 4 aromatic rings. The molecule has 0 heterocycles. The fourth-order valence-corrected chi connectivity index (χ4v) is 5.51. The van der Waals surface area contributed by atoms with E-state index in [-0.39, 0.29) is 13.1 Å². The molecule has 0 radical (unpaired) electrons. The number of alkyl halides is 2. The van der Waals surface area contributed by atoms with Crippen molar-refractivity contribution in [2.45, 2.75) is 35.4 Å². The van der Waals surface area contributed by atoms with E-state index in [9.17, 15) is 13.5 Å². The quantitative estimate of drug-likeness (QED) is 0.292. The molecular formula is C29H27F2NO3S. The molecule has 7 heteroatoms. The molecule has 36 heavy (non-hydrogen) atoms. The Morgan fingerprint density at radius 2 is 1.06 bits per heavy atom. The van der Waals surface area contributed by atoms with Crippen LogP contribution in [-0.2, 0) is 22.9 Å². The van der Waals surface area contributed by atoms with Crippen LogP contribution in [0.3, 0.4) is 0 Å². The average molecular weight is 508 g/mol. The second kappa shape index (κ2) is 11.1. The molecular weight excluding hydrogens is 480 g/mol.